The Balaban J connectivity index is 1.44. The molecule has 4 N–H and O–H groups in total. The molecule has 0 fully saturated rings. The maximum atomic E-state index is 13.0. The second-order valence-electron chi connectivity index (χ2n) is 7.26. The Hall–Kier alpha value is -4.31. The van der Waals surface area contributed by atoms with Gasteiger partial charge in [-0.2, -0.15) is 4.98 Å². The number of benzene rings is 2. The number of nitrogens with zero attached hydrogens (tertiary/aromatic N) is 2. The second kappa shape index (κ2) is 10.1. The van der Waals surface area contributed by atoms with E-state index in [4.69, 9.17) is 0 Å². The van der Waals surface area contributed by atoms with Gasteiger partial charge in [-0.3, -0.25) is 9.59 Å². The predicted molar refractivity (Wildman–Crippen MR) is 132 cm³/mol. The van der Waals surface area contributed by atoms with Crippen LogP contribution < -0.4 is 21.3 Å². The molecule has 0 aliphatic heterocycles. The monoisotopic (exact) mass is 476 g/mol. The Morgan fingerprint density at radius 2 is 1.62 bits per heavy atom. The molecule has 2 aromatic heterocycles. The Bertz CT molecular complexity index is 1320. The first-order valence-electron chi connectivity index (χ1n) is 10.3. The molecular formula is C24H21FN6O2S. The first kappa shape index (κ1) is 22.9. The van der Waals surface area contributed by atoms with Gasteiger partial charge in [0.2, 0.25) is 5.95 Å². The number of nitrogens with one attached hydrogen (secondary N) is 4. The first-order valence-corrected chi connectivity index (χ1v) is 11.1. The number of halogens is 1. The van der Waals surface area contributed by atoms with Crippen LogP contribution >= 0.6 is 11.3 Å². The Morgan fingerprint density at radius 1 is 0.912 bits per heavy atom. The lowest BCUT2D eigenvalue weighted by Gasteiger charge is -2.12. The van der Waals surface area contributed by atoms with E-state index >= 15 is 0 Å². The number of thiophene rings is 1. The quantitative estimate of drug-likeness (QED) is 0.296. The average molecular weight is 477 g/mol. The van der Waals surface area contributed by atoms with Crippen molar-refractivity contribution < 1.29 is 14.0 Å². The van der Waals surface area contributed by atoms with E-state index < -0.39 is 5.82 Å². The van der Waals surface area contributed by atoms with Crippen molar-refractivity contribution in [1.29, 1.82) is 0 Å². The molecule has 0 aliphatic rings. The van der Waals surface area contributed by atoms with Crippen molar-refractivity contribution in [2.45, 2.75) is 6.92 Å². The number of aryl methyl sites for hydroxylation is 1. The summed E-state index contributed by atoms with van der Waals surface area (Å²) in [7, 11) is 1.59. The molecule has 2 aromatic carbocycles. The lowest BCUT2D eigenvalue weighted by molar-refractivity contribution is 0.0966. The van der Waals surface area contributed by atoms with E-state index in [0.29, 0.717) is 33.6 Å². The van der Waals surface area contributed by atoms with Gasteiger partial charge in [0.05, 0.1) is 5.69 Å². The third-order valence-corrected chi connectivity index (χ3v) is 5.74. The summed E-state index contributed by atoms with van der Waals surface area (Å²) in [6.45, 7) is 1.87. The number of carbonyl (C=O) groups excluding carboxylic acids is 2. The molecule has 0 unspecified atom stereocenters. The fourth-order valence-electron chi connectivity index (χ4n) is 3.02. The third-order valence-electron chi connectivity index (χ3n) is 4.83. The third kappa shape index (κ3) is 5.36. The van der Waals surface area contributed by atoms with E-state index in [1.54, 1.807) is 37.5 Å². The predicted octanol–water partition coefficient (Wildman–Crippen LogP) is 5.08. The van der Waals surface area contributed by atoms with Gasteiger partial charge < -0.3 is 21.3 Å². The molecule has 0 spiro atoms. The number of aromatic nitrogens is 2. The lowest BCUT2D eigenvalue weighted by Crippen LogP contribution is -2.17. The normalized spacial score (nSPS) is 10.4. The molecule has 0 radical (unpaired) electrons. The van der Waals surface area contributed by atoms with Crippen LogP contribution in [0.2, 0.25) is 0 Å². The topological polar surface area (TPSA) is 108 Å². The number of hydrogen-bond donors (Lipinski definition) is 4. The van der Waals surface area contributed by atoms with Crippen LogP contribution in [-0.2, 0) is 0 Å². The summed E-state index contributed by atoms with van der Waals surface area (Å²) >= 11 is 1.34. The van der Waals surface area contributed by atoms with E-state index in [1.807, 2.05) is 18.4 Å². The van der Waals surface area contributed by atoms with Crippen LogP contribution in [0, 0.1) is 12.7 Å². The van der Waals surface area contributed by atoms with Crippen LogP contribution in [0.15, 0.2) is 66.2 Å². The Kier molecular flexibility index (Phi) is 6.79. The van der Waals surface area contributed by atoms with Crippen LogP contribution in [0.4, 0.5) is 33.2 Å². The number of amides is 2. The number of rotatable bonds is 7. The number of carbonyl (C=O) groups is 2. The summed E-state index contributed by atoms with van der Waals surface area (Å²) < 4.78 is 13.0. The zero-order valence-corrected chi connectivity index (χ0v) is 19.2. The van der Waals surface area contributed by atoms with Crippen molar-refractivity contribution in [2.75, 3.05) is 23.0 Å². The maximum absolute atomic E-state index is 13.0. The molecule has 4 rings (SSSR count). The summed E-state index contributed by atoms with van der Waals surface area (Å²) in [6.07, 6.45) is 1.68. The molecule has 172 valence electrons. The Morgan fingerprint density at radius 3 is 2.32 bits per heavy atom. The maximum Gasteiger partial charge on any atom is 0.263 e. The van der Waals surface area contributed by atoms with Gasteiger partial charge in [0, 0.05) is 35.7 Å². The molecule has 0 atom stereocenters. The molecular weight excluding hydrogens is 455 g/mol. The molecule has 2 amide bonds. The summed E-state index contributed by atoms with van der Waals surface area (Å²) in [6, 6.07) is 14.2. The van der Waals surface area contributed by atoms with Crippen molar-refractivity contribution in [2.24, 2.45) is 0 Å². The van der Waals surface area contributed by atoms with Gasteiger partial charge in [-0.15, -0.1) is 11.3 Å². The van der Waals surface area contributed by atoms with Gasteiger partial charge in [-0.05, 0) is 66.9 Å². The highest BCUT2D eigenvalue weighted by molar-refractivity contribution is 7.12. The van der Waals surface area contributed by atoms with E-state index in [0.717, 1.165) is 11.3 Å². The average Bonchev–Trinajstić information content (AvgIpc) is 3.30. The summed E-state index contributed by atoms with van der Waals surface area (Å²) in [5.74, 6) is 0.0417. The van der Waals surface area contributed by atoms with Gasteiger partial charge >= 0.3 is 0 Å². The highest BCUT2D eigenvalue weighted by Crippen LogP contribution is 2.27. The first-order chi connectivity index (χ1) is 16.4. The van der Waals surface area contributed by atoms with E-state index in [9.17, 15) is 14.0 Å². The van der Waals surface area contributed by atoms with E-state index in [2.05, 4.69) is 31.2 Å². The van der Waals surface area contributed by atoms with Crippen LogP contribution in [0.3, 0.4) is 0 Å². The molecule has 0 saturated carbocycles. The zero-order valence-electron chi connectivity index (χ0n) is 18.3. The largest absolute Gasteiger partial charge is 0.354 e. The van der Waals surface area contributed by atoms with Crippen LogP contribution in [0.1, 0.15) is 25.6 Å². The fourth-order valence-corrected chi connectivity index (χ4v) is 3.82. The molecule has 4 aromatic rings. The number of hydrogen-bond acceptors (Lipinski definition) is 7. The molecule has 0 saturated heterocycles. The molecule has 10 heteroatoms. The van der Waals surface area contributed by atoms with Gasteiger partial charge in [-0.25, -0.2) is 9.37 Å². The van der Waals surface area contributed by atoms with Crippen molar-refractivity contribution >= 4 is 52.0 Å². The molecule has 2 heterocycles. The minimum Gasteiger partial charge on any atom is -0.354 e. The van der Waals surface area contributed by atoms with Crippen molar-refractivity contribution in [3.63, 3.8) is 0 Å². The zero-order chi connectivity index (χ0) is 24.1. The van der Waals surface area contributed by atoms with E-state index in [1.165, 1.54) is 35.6 Å². The minimum atomic E-state index is -0.397. The molecule has 0 aliphatic carbocycles. The van der Waals surface area contributed by atoms with E-state index in [-0.39, 0.29) is 11.8 Å². The molecule has 0 bridgehead atoms. The standard InChI is InChI=1S/C24H21FN6O2S/c1-14-13-27-24(31-21(14)30-19-11-12-34-20(19)23(33)26-2)29-18-9-7-17(8-10-18)28-22(32)15-3-5-16(25)6-4-15/h3-13H,1-2H3,(H,26,33)(H,28,32)(H2,27,29,30,31). The van der Waals surface area contributed by atoms with Gasteiger partial charge in [-0.1, -0.05) is 0 Å². The van der Waals surface area contributed by atoms with Crippen molar-refractivity contribution in [1.82, 2.24) is 15.3 Å². The number of anilines is 5. The second-order valence-corrected chi connectivity index (χ2v) is 8.17. The smallest absolute Gasteiger partial charge is 0.263 e. The van der Waals surface area contributed by atoms with Gasteiger partial charge in [0.25, 0.3) is 11.8 Å². The van der Waals surface area contributed by atoms with Crippen molar-refractivity contribution in [3.05, 3.63) is 88.0 Å². The lowest BCUT2D eigenvalue weighted by atomic mass is 10.2. The highest BCUT2D eigenvalue weighted by Gasteiger charge is 2.14. The fraction of sp³-hybridized carbons (Fsp3) is 0.0833. The van der Waals surface area contributed by atoms with Gasteiger partial charge in [0.15, 0.2) is 0 Å². The molecule has 34 heavy (non-hydrogen) atoms. The van der Waals surface area contributed by atoms with Crippen LogP contribution in [0.25, 0.3) is 0 Å². The Labute approximate surface area is 199 Å². The van der Waals surface area contributed by atoms with Crippen LogP contribution in [-0.4, -0.2) is 28.8 Å². The summed E-state index contributed by atoms with van der Waals surface area (Å²) in [4.78, 5) is 33.7. The van der Waals surface area contributed by atoms with Gasteiger partial charge in [0.1, 0.15) is 16.5 Å². The van der Waals surface area contributed by atoms with Crippen molar-refractivity contribution in [3.8, 4) is 0 Å². The highest BCUT2D eigenvalue weighted by atomic mass is 32.1. The SMILES string of the molecule is CNC(=O)c1sccc1Nc1nc(Nc2ccc(NC(=O)c3ccc(F)cc3)cc2)ncc1C. The summed E-state index contributed by atoms with van der Waals surface area (Å²) in [5, 5.41) is 13.5. The van der Waals surface area contributed by atoms with Crippen LogP contribution in [0.5, 0.6) is 0 Å². The minimum absolute atomic E-state index is 0.172. The molecule has 8 nitrogen and oxygen atoms in total. The summed E-state index contributed by atoms with van der Waals surface area (Å²) in [5.41, 5.74) is 3.15.